The van der Waals surface area contributed by atoms with Gasteiger partial charge in [0, 0.05) is 18.6 Å². The fraction of sp³-hybridized carbons (Fsp3) is 0.478. The van der Waals surface area contributed by atoms with Crippen molar-refractivity contribution in [3.63, 3.8) is 0 Å². The Morgan fingerprint density at radius 2 is 1.62 bits per heavy atom. The van der Waals surface area contributed by atoms with Crippen LogP contribution in [0.1, 0.15) is 49.3 Å². The van der Waals surface area contributed by atoms with E-state index in [1.54, 1.807) is 0 Å². The first kappa shape index (κ1) is 17.7. The zero-order valence-corrected chi connectivity index (χ0v) is 15.8. The smallest absolute Gasteiger partial charge is 0.0930 e. The molecule has 26 heavy (non-hydrogen) atoms. The molecule has 2 fully saturated rings. The van der Waals surface area contributed by atoms with Gasteiger partial charge in [0.1, 0.15) is 0 Å². The summed E-state index contributed by atoms with van der Waals surface area (Å²) < 4.78 is 5.86. The molecular formula is C23H29NO2. The summed E-state index contributed by atoms with van der Waals surface area (Å²) in [6, 6.07) is 19.6. The van der Waals surface area contributed by atoms with Gasteiger partial charge in [0.15, 0.2) is 0 Å². The molecule has 2 unspecified atom stereocenters. The Hall–Kier alpha value is -1.68. The molecule has 0 amide bonds. The summed E-state index contributed by atoms with van der Waals surface area (Å²) in [6.07, 6.45) is 1.47. The van der Waals surface area contributed by atoms with Gasteiger partial charge in [-0.1, -0.05) is 68.4 Å². The minimum absolute atomic E-state index is 0.257. The number of aliphatic hydroxyl groups is 1. The van der Waals surface area contributed by atoms with Crippen LogP contribution < -0.4 is 0 Å². The third-order valence-electron chi connectivity index (χ3n) is 6.00. The highest BCUT2D eigenvalue weighted by atomic mass is 16.5. The molecule has 0 saturated carbocycles. The molecule has 0 radical (unpaired) electrons. The molecule has 2 aromatic carbocycles. The molecule has 0 aromatic heterocycles. The van der Waals surface area contributed by atoms with E-state index in [9.17, 15) is 5.11 Å². The molecule has 2 aliphatic heterocycles. The summed E-state index contributed by atoms with van der Waals surface area (Å²) in [5.41, 5.74) is 2.96. The molecular weight excluding hydrogens is 322 g/mol. The van der Waals surface area contributed by atoms with E-state index < -0.39 is 5.60 Å². The zero-order valence-electron chi connectivity index (χ0n) is 15.8. The molecule has 2 heterocycles. The van der Waals surface area contributed by atoms with Crippen molar-refractivity contribution in [1.29, 1.82) is 0 Å². The summed E-state index contributed by atoms with van der Waals surface area (Å²) in [5, 5.41) is 11.7. The van der Waals surface area contributed by atoms with Gasteiger partial charge in [-0.15, -0.1) is 0 Å². The van der Waals surface area contributed by atoms with Crippen molar-refractivity contribution in [2.75, 3.05) is 13.2 Å². The Morgan fingerprint density at radius 3 is 2.27 bits per heavy atom. The molecule has 0 spiro atoms. The lowest BCUT2D eigenvalue weighted by molar-refractivity contribution is -0.149. The Kier molecular flexibility index (Phi) is 4.87. The maximum atomic E-state index is 11.7. The molecule has 2 bridgehead atoms. The van der Waals surface area contributed by atoms with Gasteiger partial charge in [-0.05, 0) is 35.4 Å². The number of benzene rings is 2. The van der Waals surface area contributed by atoms with E-state index in [0.29, 0.717) is 19.1 Å². The topological polar surface area (TPSA) is 32.7 Å². The zero-order chi connectivity index (χ0) is 18.1. The van der Waals surface area contributed by atoms with Gasteiger partial charge in [-0.2, -0.15) is 0 Å². The number of ether oxygens (including phenoxy) is 1. The van der Waals surface area contributed by atoms with E-state index in [0.717, 1.165) is 24.9 Å². The molecule has 138 valence electrons. The van der Waals surface area contributed by atoms with Gasteiger partial charge in [0.25, 0.3) is 0 Å². The first-order chi connectivity index (χ1) is 12.6. The molecule has 2 saturated heterocycles. The summed E-state index contributed by atoms with van der Waals surface area (Å²) in [6.45, 7) is 6.75. The van der Waals surface area contributed by atoms with Crippen LogP contribution in [0.2, 0.25) is 0 Å². The average molecular weight is 351 g/mol. The van der Waals surface area contributed by atoms with Crippen LogP contribution in [0.4, 0.5) is 0 Å². The third kappa shape index (κ3) is 3.32. The quantitative estimate of drug-likeness (QED) is 0.902. The lowest BCUT2D eigenvalue weighted by Gasteiger charge is -2.52. The summed E-state index contributed by atoms with van der Waals surface area (Å²) in [7, 11) is 0. The van der Waals surface area contributed by atoms with Crippen LogP contribution in [-0.4, -0.2) is 35.3 Å². The van der Waals surface area contributed by atoms with E-state index in [-0.39, 0.29) is 12.1 Å². The Balaban J connectivity index is 1.62. The largest absolute Gasteiger partial charge is 0.385 e. The highest BCUT2D eigenvalue weighted by Gasteiger charge is 2.47. The molecule has 0 aliphatic carbocycles. The molecule has 3 heteroatoms. The van der Waals surface area contributed by atoms with Gasteiger partial charge in [0.05, 0.1) is 18.8 Å². The first-order valence-electron chi connectivity index (χ1n) is 9.76. The molecule has 2 aromatic rings. The number of piperidine rings is 1. The van der Waals surface area contributed by atoms with E-state index in [1.165, 1.54) is 11.1 Å². The molecule has 2 atom stereocenters. The number of nitrogens with zero attached hydrogens (tertiary/aromatic N) is 1. The van der Waals surface area contributed by atoms with Crippen LogP contribution in [0.3, 0.4) is 0 Å². The molecule has 3 nitrogen and oxygen atoms in total. The second-order valence-electron chi connectivity index (χ2n) is 8.18. The number of hydrogen-bond donors (Lipinski definition) is 1. The Labute approximate surface area is 156 Å². The van der Waals surface area contributed by atoms with Crippen LogP contribution in [0.5, 0.6) is 0 Å². The van der Waals surface area contributed by atoms with E-state index in [2.05, 4.69) is 73.3 Å². The van der Waals surface area contributed by atoms with Gasteiger partial charge >= 0.3 is 0 Å². The lowest BCUT2D eigenvalue weighted by Crippen LogP contribution is -2.60. The van der Waals surface area contributed by atoms with Gasteiger partial charge in [-0.3, -0.25) is 4.90 Å². The van der Waals surface area contributed by atoms with Gasteiger partial charge in [-0.25, -0.2) is 0 Å². The second-order valence-corrected chi connectivity index (χ2v) is 8.18. The van der Waals surface area contributed by atoms with Crippen LogP contribution in [-0.2, 0) is 16.9 Å². The predicted molar refractivity (Wildman–Crippen MR) is 104 cm³/mol. The number of morpholine rings is 1. The SMILES string of the molecule is CC(C)c1ccccc1C1(O)CC2COCC(C1)N2Cc1ccccc1. The highest BCUT2D eigenvalue weighted by Crippen LogP contribution is 2.43. The van der Waals surface area contributed by atoms with Crippen LogP contribution in [0, 0.1) is 0 Å². The monoisotopic (exact) mass is 351 g/mol. The minimum atomic E-state index is -0.757. The van der Waals surface area contributed by atoms with Crippen molar-refractivity contribution < 1.29 is 9.84 Å². The fourth-order valence-corrected chi connectivity index (χ4v) is 4.74. The maximum Gasteiger partial charge on any atom is 0.0930 e. The van der Waals surface area contributed by atoms with Crippen molar-refractivity contribution >= 4 is 0 Å². The third-order valence-corrected chi connectivity index (χ3v) is 6.00. The predicted octanol–water partition coefficient (Wildman–Crippen LogP) is 4.06. The van der Waals surface area contributed by atoms with Crippen molar-refractivity contribution in [3.8, 4) is 0 Å². The normalized spacial score (nSPS) is 29.1. The van der Waals surface area contributed by atoms with Gasteiger partial charge < -0.3 is 9.84 Å². The van der Waals surface area contributed by atoms with Crippen LogP contribution in [0.25, 0.3) is 0 Å². The highest BCUT2D eigenvalue weighted by molar-refractivity contribution is 5.36. The molecule has 2 aliphatic rings. The summed E-state index contributed by atoms with van der Waals surface area (Å²) in [4.78, 5) is 2.55. The number of rotatable bonds is 4. The fourth-order valence-electron chi connectivity index (χ4n) is 4.74. The Morgan fingerprint density at radius 1 is 1.00 bits per heavy atom. The van der Waals surface area contributed by atoms with E-state index in [4.69, 9.17) is 4.74 Å². The second kappa shape index (κ2) is 7.15. The van der Waals surface area contributed by atoms with Crippen molar-refractivity contribution in [3.05, 3.63) is 71.3 Å². The van der Waals surface area contributed by atoms with Crippen LogP contribution >= 0.6 is 0 Å². The van der Waals surface area contributed by atoms with Crippen molar-refractivity contribution in [2.24, 2.45) is 0 Å². The standard InChI is InChI=1S/C23H29NO2/c1-17(2)21-10-6-7-11-22(21)23(25)12-19-15-26-16-20(13-23)24(19)14-18-8-4-3-5-9-18/h3-11,17,19-20,25H,12-16H2,1-2H3. The van der Waals surface area contributed by atoms with Crippen molar-refractivity contribution in [1.82, 2.24) is 4.90 Å². The average Bonchev–Trinajstić information content (AvgIpc) is 2.63. The lowest BCUT2D eigenvalue weighted by atomic mass is 9.74. The maximum absolute atomic E-state index is 11.7. The minimum Gasteiger partial charge on any atom is -0.385 e. The first-order valence-corrected chi connectivity index (χ1v) is 9.76. The number of fused-ring (bicyclic) bond motifs is 2. The molecule has 4 rings (SSSR count). The van der Waals surface area contributed by atoms with E-state index >= 15 is 0 Å². The summed E-state index contributed by atoms with van der Waals surface area (Å²) in [5.74, 6) is 0.411. The van der Waals surface area contributed by atoms with Crippen LogP contribution in [0.15, 0.2) is 54.6 Å². The van der Waals surface area contributed by atoms with Gasteiger partial charge in [0.2, 0.25) is 0 Å². The summed E-state index contributed by atoms with van der Waals surface area (Å²) >= 11 is 0. The van der Waals surface area contributed by atoms with Crippen molar-refractivity contribution in [2.45, 2.75) is 56.8 Å². The Bertz CT molecular complexity index is 729. The number of hydrogen-bond acceptors (Lipinski definition) is 3. The molecule has 1 N–H and O–H groups in total. The van der Waals surface area contributed by atoms with E-state index in [1.807, 2.05) is 0 Å².